The highest BCUT2D eigenvalue weighted by atomic mass is 16.5. The van der Waals surface area contributed by atoms with Crippen molar-refractivity contribution in [3.8, 4) is 5.75 Å². The molecule has 1 aromatic heterocycles. The van der Waals surface area contributed by atoms with Crippen LogP contribution in [0.1, 0.15) is 64.1 Å². The minimum absolute atomic E-state index is 0.659. The Morgan fingerprint density at radius 3 is 2.67 bits per heavy atom. The molecule has 21 heavy (non-hydrogen) atoms. The third-order valence-corrected chi connectivity index (χ3v) is 3.45. The van der Waals surface area contributed by atoms with E-state index in [9.17, 15) is 0 Å². The number of rotatable bonds is 11. The SMILES string of the molecule is CCCCCCCOc1cc(C)ncc1CNCC(C)C. The number of unbranched alkanes of at least 4 members (excludes halogenated alkanes) is 4. The van der Waals surface area contributed by atoms with E-state index in [2.05, 4.69) is 37.1 Å². The molecular weight excluding hydrogens is 260 g/mol. The summed E-state index contributed by atoms with van der Waals surface area (Å²) in [4.78, 5) is 4.39. The maximum absolute atomic E-state index is 5.98. The van der Waals surface area contributed by atoms with Crippen LogP contribution < -0.4 is 10.1 Å². The molecule has 120 valence electrons. The van der Waals surface area contributed by atoms with Gasteiger partial charge in [-0.3, -0.25) is 4.98 Å². The first kappa shape index (κ1) is 18.0. The van der Waals surface area contributed by atoms with Crippen molar-refractivity contribution in [1.82, 2.24) is 10.3 Å². The molecule has 0 fully saturated rings. The van der Waals surface area contributed by atoms with Gasteiger partial charge in [-0.1, -0.05) is 46.5 Å². The fraction of sp³-hybridized carbons (Fsp3) is 0.722. The van der Waals surface area contributed by atoms with E-state index in [1.807, 2.05) is 13.1 Å². The van der Waals surface area contributed by atoms with Gasteiger partial charge >= 0.3 is 0 Å². The van der Waals surface area contributed by atoms with Gasteiger partial charge in [-0.05, 0) is 25.8 Å². The summed E-state index contributed by atoms with van der Waals surface area (Å²) < 4.78 is 5.98. The van der Waals surface area contributed by atoms with E-state index in [0.29, 0.717) is 5.92 Å². The molecule has 1 heterocycles. The number of hydrogen-bond donors (Lipinski definition) is 1. The zero-order valence-corrected chi connectivity index (χ0v) is 14.2. The summed E-state index contributed by atoms with van der Waals surface area (Å²) in [6.07, 6.45) is 8.28. The fourth-order valence-corrected chi connectivity index (χ4v) is 2.21. The minimum atomic E-state index is 0.659. The lowest BCUT2D eigenvalue weighted by Crippen LogP contribution is -2.19. The lowest BCUT2D eigenvalue weighted by molar-refractivity contribution is 0.300. The molecular formula is C18H32N2O. The fourth-order valence-electron chi connectivity index (χ4n) is 2.21. The van der Waals surface area contributed by atoms with Gasteiger partial charge < -0.3 is 10.1 Å². The normalized spacial score (nSPS) is 11.1. The molecule has 0 saturated carbocycles. The Hall–Kier alpha value is -1.09. The van der Waals surface area contributed by atoms with E-state index in [4.69, 9.17) is 4.74 Å². The van der Waals surface area contributed by atoms with Crippen LogP contribution in [0.25, 0.3) is 0 Å². The predicted molar refractivity (Wildman–Crippen MR) is 89.8 cm³/mol. The second-order valence-corrected chi connectivity index (χ2v) is 6.22. The van der Waals surface area contributed by atoms with Crippen molar-refractivity contribution in [2.75, 3.05) is 13.2 Å². The number of nitrogens with zero attached hydrogens (tertiary/aromatic N) is 1. The highest BCUT2D eigenvalue weighted by Crippen LogP contribution is 2.19. The van der Waals surface area contributed by atoms with Crippen LogP contribution in [-0.4, -0.2) is 18.1 Å². The maximum Gasteiger partial charge on any atom is 0.127 e. The standard InChI is InChI=1S/C18H32N2O/c1-5-6-7-8-9-10-21-18-11-16(4)20-14-17(18)13-19-12-15(2)3/h11,14-15,19H,5-10,12-13H2,1-4H3. The number of ether oxygens (including phenoxy) is 1. The largest absolute Gasteiger partial charge is 0.493 e. The molecule has 3 heteroatoms. The van der Waals surface area contributed by atoms with Gasteiger partial charge in [0.1, 0.15) is 5.75 Å². The molecule has 0 aromatic carbocycles. The summed E-state index contributed by atoms with van der Waals surface area (Å²) >= 11 is 0. The number of aromatic nitrogens is 1. The van der Waals surface area contributed by atoms with Crippen LogP contribution in [0.2, 0.25) is 0 Å². The lowest BCUT2D eigenvalue weighted by atomic mass is 10.1. The van der Waals surface area contributed by atoms with Crippen LogP contribution >= 0.6 is 0 Å². The average molecular weight is 292 g/mol. The quantitative estimate of drug-likeness (QED) is 0.610. The molecule has 0 aliphatic rings. The van der Waals surface area contributed by atoms with Crippen LogP contribution in [0.5, 0.6) is 5.75 Å². The van der Waals surface area contributed by atoms with Crippen molar-refractivity contribution in [3.63, 3.8) is 0 Å². The minimum Gasteiger partial charge on any atom is -0.493 e. The van der Waals surface area contributed by atoms with Gasteiger partial charge in [0.25, 0.3) is 0 Å². The van der Waals surface area contributed by atoms with E-state index >= 15 is 0 Å². The zero-order chi connectivity index (χ0) is 15.5. The molecule has 0 amide bonds. The number of aryl methyl sites for hydroxylation is 1. The van der Waals surface area contributed by atoms with Crippen molar-refractivity contribution in [3.05, 3.63) is 23.5 Å². The lowest BCUT2D eigenvalue weighted by Gasteiger charge is -2.13. The van der Waals surface area contributed by atoms with Crippen LogP contribution in [0.3, 0.4) is 0 Å². The van der Waals surface area contributed by atoms with Crippen LogP contribution in [0.15, 0.2) is 12.3 Å². The molecule has 1 N–H and O–H groups in total. The summed E-state index contributed by atoms with van der Waals surface area (Å²) in [5, 5.41) is 3.46. The van der Waals surface area contributed by atoms with Gasteiger partial charge in [0.05, 0.1) is 6.61 Å². The Labute approximate surface area is 130 Å². The third kappa shape index (κ3) is 8.05. The van der Waals surface area contributed by atoms with Crippen LogP contribution in [0, 0.1) is 12.8 Å². The summed E-state index contributed by atoms with van der Waals surface area (Å²) in [5.41, 5.74) is 2.18. The second-order valence-electron chi connectivity index (χ2n) is 6.22. The highest BCUT2D eigenvalue weighted by Gasteiger charge is 2.05. The summed E-state index contributed by atoms with van der Waals surface area (Å²) in [6, 6.07) is 2.05. The maximum atomic E-state index is 5.98. The molecule has 0 aliphatic carbocycles. The van der Waals surface area contributed by atoms with Crippen molar-refractivity contribution >= 4 is 0 Å². The van der Waals surface area contributed by atoms with Gasteiger partial charge in [-0.15, -0.1) is 0 Å². The van der Waals surface area contributed by atoms with Crippen molar-refractivity contribution in [2.24, 2.45) is 5.92 Å². The Kier molecular flexibility index (Phi) is 9.07. The van der Waals surface area contributed by atoms with E-state index in [0.717, 1.165) is 43.1 Å². The molecule has 0 spiro atoms. The molecule has 0 unspecified atom stereocenters. The first-order chi connectivity index (χ1) is 10.1. The Morgan fingerprint density at radius 1 is 1.19 bits per heavy atom. The predicted octanol–water partition coefficient (Wildman–Crippen LogP) is 4.48. The molecule has 0 atom stereocenters. The topological polar surface area (TPSA) is 34.1 Å². The van der Waals surface area contributed by atoms with Gasteiger partial charge in [0, 0.05) is 30.1 Å². The molecule has 0 bridgehead atoms. The first-order valence-electron chi connectivity index (χ1n) is 8.42. The number of hydrogen-bond acceptors (Lipinski definition) is 3. The third-order valence-electron chi connectivity index (χ3n) is 3.45. The first-order valence-corrected chi connectivity index (χ1v) is 8.42. The Morgan fingerprint density at radius 2 is 1.95 bits per heavy atom. The molecule has 3 nitrogen and oxygen atoms in total. The van der Waals surface area contributed by atoms with Gasteiger partial charge in [0.15, 0.2) is 0 Å². The number of nitrogens with one attached hydrogen (secondary N) is 1. The van der Waals surface area contributed by atoms with Crippen LogP contribution in [-0.2, 0) is 6.54 Å². The Balaban J connectivity index is 2.41. The zero-order valence-electron chi connectivity index (χ0n) is 14.2. The second kappa shape index (κ2) is 10.6. The molecule has 1 aromatic rings. The Bertz CT molecular complexity index is 391. The summed E-state index contributed by atoms with van der Waals surface area (Å²) in [7, 11) is 0. The average Bonchev–Trinajstić information content (AvgIpc) is 2.44. The molecule has 0 aliphatic heterocycles. The smallest absolute Gasteiger partial charge is 0.127 e. The molecule has 0 radical (unpaired) electrons. The van der Waals surface area contributed by atoms with E-state index in [1.165, 1.54) is 25.7 Å². The molecule has 0 saturated heterocycles. The highest BCUT2D eigenvalue weighted by molar-refractivity contribution is 5.32. The van der Waals surface area contributed by atoms with E-state index < -0.39 is 0 Å². The summed E-state index contributed by atoms with van der Waals surface area (Å²) in [6.45, 7) is 11.3. The van der Waals surface area contributed by atoms with Gasteiger partial charge in [-0.25, -0.2) is 0 Å². The van der Waals surface area contributed by atoms with Gasteiger partial charge in [-0.2, -0.15) is 0 Å². The monoisotopic (exact) mass is 292 g/mol. The van der Waals surface area contributed by atoms with Crippen molar-refractivity contribution < 1.29 is 4.74 Å². The van der Waals surface area contributed by atoms with Crippen molar-refractivity contribution in [1.29, 1.82) is 0 Å². The van der Waals surface area contributed by atoms with E-state index in [1.54, 1.807) is 0 Å². The van der Waals surface area contributed by atoms with Gasteiger partial charge in [0.2, 0.25) is 0 Å². The summed E-state index contributed by atoms with van der Waals surface area (Å²) in [5.74, 6) is 1.65. The van der Waals surface area contributed by atoms with Crippen LogP contribution in [0.4, 0.5) is 0 Å². The molecule has 1 rings (SSSR count). The number of pyridine rings is 1. The van der Waals surface area contributed by atoms with Crippen molar-refractivity contribution in [2.45, 2.75) is 66.3 Å². The van der Waals surface area contributed by atoms with E-state index in [-0.39, 0.29) is 0 Å².